The summed E-state index contributed by atoms with van der Waals surface area (Å²) >= 11 is 0. The number of phosphoric acid groups is 1. The Morgan fingerprint density at radius 2 is 2.07 bits per heavy atom. The fourth-order valence-electron chi connectivity index (χ4n) is 1.13. The highest BCUT2D eigenvalue weighted by Crippen LogP contribution is 2.36. The van der Waals surface area contributed by atoms with Crippen LogP contribution in [0.2, 0.25) is 0 Å². The molecular weight excluding hydrogens is 231 g/mol. The van der Waals surface area contributed by atoms with Crippen LogP contribution in [-0.2, 0) is 18.6 Å². The largest absolute Gasteiger partial charge is 0.469 e. The van der Waals surface area contributed by atoms with Gasteiger partial charge in [0.25, 0.3) is 0 Å². The third kappa shape index (κ3) is 3.86. The number of cyclic esters (lactones) is 1. The molecule has 0 aliphatic carbocycles. The van der Waals surface area contributed by atoms with Gasteiger partial charge in [-0.05, 0) is 0 Å². The van der Waals surface area contributed by atoms with Crippen molar-refractivity contribution in [1.29, 1.82) is 0 Å². The lowest BCUT2D eigenvalue weighted by Gasteiger charge is -2.30. The minimum absolute atomic E-state index is 0.354. The lowest BCUT2D eigenvalue weighted by Crippen LogP contribution is -2.48. The first-order valence-electron chi connectivity index (χ1n) is 4.05. The first-order valence-corrected chi connectivity index (χ1v) is 5.58. The molecule has 0 saturated carbocycles. The van der Waals surface area contributed by atoms with Crippen LogP contribution in [0.3, 0.4) is 0 Å². The second kappa shape index (κ2) is 4.56. The first kappa shape index (κ1) is 12.6. The average molecular weight is 242 g/mol. The van der Waals surface area contributed by atoms with E-state index >= 15 is 0 Å². The number of ether oxygens (including phenoxy) is 1. The molecular formula is C6H11O8P. The maximum absolute atomic E-state index is 10.8. The summed E-state index contributed by atoms with van der Waals surface area (Å²) in [7, 11) is -4.68. The monoisotopic (exact) mass is 242 g/mol. The van der Waals surface area contributed by atoms with Crippen LogP contribution in [0.25, 0.3) is 0 Å². The molecule has 0 aromatic rings. The predicted octanol–water partition coefficient (Wildman–Crippen LogP) is -1.87. The zero-order valence-electron chi connectivity index (χ0n) is 7.52. The number of esters is 1. The van der Waals surface area contributed by atoms with E-state index in [0.717, 1.165) is 0 Å². The standard InChI is InChI=1S/C6H11O8P/c7-3-1-5(8)14-4(6(3)9)2-13-15(10,11)12/h3-4,6-7,9H,1-2H2,(H2,10,11,12)/t3-,4-,6+/m1/s1. The summed E-state index contributed by atoms with van der Waals surface area (Å²) in [4.78, 5) is 27.6. The molecule has 0 unspecified atom stereocenters. The Hall–Kier alpha value is -0.500. The molecule has 0 spiro atoms. The Balaban J connectivity index is 2.53. The topological polar surface area (TPSA) is 134 Å². The summed E-state index contributed by atoms with van der Waals surface area (Å²) in [5, 5.41) is 18.4. The van der Waals surface area contributed by atoms with Gasteiger partial charge in [0, 0.05) is 0 Å². The number of hydrogen-bond donors (Lipinski definition) is 4. The number of hydrogen-bond acceptors (Lipinski definition) is 6. The Morgan fingerprint density at radius 1 is 1.47 bits per heavy atom. The third-order valence-corrected chi connectivity index (χ3v) is 2.33. The molecule has 1 heterocycles. The average Bonchev–Trinajstić information content (AvgIpc) is 2.07. The summed E-state index contributed by atoms with van der Waals surface area (Å²) in [6, 6.07) is 0. The molecule has 1 aliphatic heterocycles. The van der Waals surface area contributed by atoms with Crippen molar-refractivity contribution >= 4 is 13.8 Å². The van der Waals surface area contributed by atoms with E-state index in [0.29, 0.717) is 0 Å². The van der Waals surface area contributed by atoms with Gasteiger partial charge in [-0.2, -0.15) is 0 Å². The lowest BCUT2D eigenvalue weighted by molar-refractivity contribution is -0.181. The van der Waals surface area contributed by atoms with Crippen LogP contribution in [0.1, 0.15) is 6.42 Å². The van der Waals surface area contributed by atoms with E-state index in [9.17, 15) is 14.5 Å². The first-order chi connectivity index (χ1) is 6.79. The van der Waals surface area contributed by atoms with E-state index in [1.165, 1.54) is 0 Å². The van der Waals surface area contributed by atoms with Gasteiger partial charge in [0.2, 0.25) is 0 Å². The summed E-state index contributed by atoms with van der Waals surface area (Å²) < 4.78 is 18.9. The Bertz CT molecular complexity index is 285. The molecule has 3 atom stereocenters. The van der Waals surface area contributed by atoms with Crippen LogP contribution < -0.4 is 0 Å². The third-order valence-electron chi connectivity index (χ3n) is 1.84. The number of carbonyl (C=O) groups is 1. The highest BCUT2D eigenvalue weighted by Gasteiger charge is 2.37. The molecule has 8 nitrogen and oxygen atoms in total. The normalized spacial score (nSPS) is 32.5. The Kier molecular flexibility index (Phi) is 3.82. The molecule has 88 valence electrons. The van der Waals surface area contributed by atoms with Crippen LogP contribution >= 0.6 is 7.82 Å². The molecule has 0 aromatic carbocycles. The van der Waals surface area contributed by atoms with Gasteiger partial charge in [0.15, 0.2) is 6.10 Å². The summed E-state index contributed by atoms with van der Waals surface area (Å²) in [6.07, 6.45) is -4.34. The summed E-state index contributed by atoms with van der Waals surface area (Å²) in [5.41, 5.74) is 0. The van der Waals surface area contributed by atoms with Crippen LogP contribution in [0.5, 0.6) is 0 Å². The van der Waals surface area contributed by atoms with Crippen molar-refractivity contribution < 1.29 is 38.6 Å². The van der Waals surface area contributed by atoms with E-state index in [-0.39, 0.29) is 6.42 Å². The number of aliphatic hydroxyl groups excluding tert-OH is 2. The van der Waals surface area contributed by atoms with Gasteiger partial charge in [0.1, 0.15) is 6.10 Å². The molecule has 4 N–H and O–H groups in total. The molecule has 0 radical (unpaired) electrons. The van der Waals surface area contributed by atoms with Crippen LogP contribution in [-0.4, -0.2) is 50.9 Å². The zero-order valence-corrected chi connectivity index (χ0v) is 8.41. The molecule has 1 rings (SSSR count). The van der Waals surface area contributed by atoms with Crippen LogP contribution in [0.15, 0.2) is 0 Å². The number of carbonyl (C=O) groups excluding carboxylic acids is 1. The van der Waals surface area contributed by atoms with Crippen molar-refractivity contribution in [3.63, 3.8) is 0 Å². The van der Waals surface area contributed by atoms with Crippen molar-refractivity contribution in [2.24, 2.45) is 0 Å². The zero-order chi connectivity index (χ0) is 11.6. The van der Waals surface area contributed by atoms with E-state index in [1.807, 2.05) is 0 Å². The van der Waals surface area contributed by atoms with Crippen molar-refractivity contribution in [3.8, 4) is 0 Å². The number of aliphatic hydroxyl groups is 2. The molecule has 0 aromatic heterocycles. The van der Waals surface area contributed by atoms with Gasteiger partial charge in [0.05, 0.1) is 19.1 Å². The maximum atomic E-state index is 10.8. The molecule has 1 saturated heterocycles. The second-order valence-corrected chi connectivity index (χ2v) is 4.32. The van der Waals surface area contributed by atoms with Crippen molar-refractivity contribution in [2.75, 3.05) is 6.61 Å². The SMILES string of the molecule is O=C1C[C@@H](O)[C@H](O)[C@@H](COP(=O)(O)O)O1. The molecule has 1 aliphatic rings. The molecule has 0 bridgehead atoms. The highest BCUT2D eigenvalue weighted by atomic mass is 31.2. The van der Waals surface area contributed by atoms with Gasteiger partial charge >= 0.3 is 13.8 Å². The van der Waals surface area contributed by atoms with Gasteiger partial charge in [-0.25, -0.2) is 4.57 Å². The number of phosphoric ester groups is 1. The molecule has 15 heavy (non-hydrogen) atoms. The quantitative estimate of drug-likeness (QED) is 0.334. The van der Waals surface area contributed by atoms with Crippen molar-refractivity contribution in [1.82, 2.24) is 0 Å². The highest BCUT2D eigenvalue weighted by molar-refractivity contribution is 7.46. The maximum Gasteiger partial charge on any atom is 0.469 e. The van der Waals surface area contributed by atoms with Gasteiger partial charge in [-0.1, -0.05) is 0 Å². The van der Waals surface area contributed by atoms with E-state index in [4.69, 9.17) is 14.9 Å². The molecule has 1 fully saturated rings. The smallest absolute Gasteiger partial charge is 0.457 e. The molecule has 9 heteroatoms. The fraction of sp³-hybridized carbons (Fsp3) is 0.833. The van der Waals surface area contributed by atoms with Gasteiger partial charge < -0.3 is 24.7 Å². The predicted molar refractivity (Wildman–Crippen MR) is 44.5 cm³/mol. The van der Waals surface area contributed by atoms with Crippen molar-refractivity contribution in [2.45, 2.75) is 24.7 Å². The van der Waals surface area contributed by atoms with Crippen molar-refractivity contribution in [3.05, 3.63) is 0 Å². The van der Waals surface area contributed by atoms with Gasteiger partial charge in [-0.15, -0.1) is 0 Å². The Labute approximate surface area is 84.7 Å². The summed E-state index contributed by atoms with van der Waals surface area (Å²) in [6.45, 7) is -0.672. The number of rotatable bonds is 3. The second-order valence-electron chi connectivity index (χ2n) is 3.08. The minimum atomic E-state index is -4.68. The van der Waals surface area contributed by atoms with E-state index < -0.39 is 38.7 Å². The van der Waals surface area contributed by atoms with E-state index in [1.54, 1.807) is 0 Å². The van der Waals surface area contributed by atoms with E-state index in [2.05, 4.69) is 9.26 Å². The van der Waals surface area contributed by atoms with Crippen LogP contribution in [0, 0.1) is 0 Å². The fourth-order valence-corrected chi connectivity index (χ4v) is 1.47. The van der Waals surface area contributed by atoms with Gasteiger partial charge in [-0.3, -0.25) is 9.32 Å². The lowest BCUT2D eigenvalue weighted by atomic mass is 10.0. The molecule has 0 amide bonds. The summed E-state index contributed by atoms with van der Waals surface area (Å²) in [5.74, 6) is -0.757. The Morgan fingerprint density at radius 3 is 2.60 bits per heavy atom. The minimum Gasteiger partial charge on any atom is -0.457 e. The van der Waals surface area contributed by atoms with Crippen LogP contribution in [0.4, 0.5) is 0 Å².